The first-order valence-corrected chi connectivity index (χ1v) is 9.19. The third-order valence-electron chi connectivity index (χ3n) is 3.94. The monoisotopic (exact) mass is 305 g/mol. The molecule has 0 aromatic heterocycles. The second kappa shape index (κ2) is 17.1. The molecule has 20 heavy (non-hydrogen) atoms. The van der Waals surface area contributed by atoms with E-state index < -0.39 is 8.69 Å². The largest absolute Gasteiger partial charge is 0.772 e. The van der Waals surface area contributed by atoms with E-state index in [2.05, 4.69) is 27.7 Å². The highest BCUT2D eigenvalue weighted by molar-refractivity contribution is 7.14. The summed E-state index contributed by atoms with van der Waals surface area (Å²) in [5, 5.41) is 0. The van der Waals surface area contributed by atoms with Crippen LogP contribution in [0.15, 0.2) is 0 Å². The fourth-order valence-electron chi connectivity index (χ4n) is 2.64. The second-order valence-electron chi connectivity index (χ2n) is 5.72. The summed E-state index contributed by atoms with van der Waals surface area (Å²) in [5.41, 5.74) is 0. The summed E-state index contributed by atoms with van der Waals surface area (Å²) >= 11 is 0. The van der Waals surface area contributed by atoms with Crippen LogP contribution in [0.1, 0.15) is 79.1 Å². The molecule has 0 saturated heterocycles. The number of quaternary nitrogens is 1. The number of hydrogen-bond acceptors (Lipinski definition) is 2. The van der Waals surface area contributed by atoms with E-state index in [-0.39, 0.29) is 0 Å². The Morgan fingerprint density at radius 3 is 1.05 bits per heavy atom. The zero-order valence-electron chi connectivity index (χ0n) is 14.2. The van der Waals surface area contributed by atoms with Gasteiger partial charge in [0, 0.05) is 0 Å². The molecule has 0 radical (unpaired) electrons. The van der Waals surface area contributed by atoms with Crippen LogP contribution in [-0.4, -0.2) is 30.7 Å². The predicted octanol–water partition coefficient (Wildman–Crippen LogP) is 4.56. The van der Waals surface area contributed by atoms with Crippen molar-refractivity contribution in [2.24, 2.45) is 0 Å². The van der Waals surface area contributed by atoms with Crippen LogP contribution in [0.4, 0.5) is 0 Å². The molecule has 0 fully saturated rings. The van der Waals surface area contributed by atoms with Crippen molar-refractivity contribution in [3.8, 4) is 0 Å². The quantitative estimate of drug-likeness (QED) is 0.392. The SMILES string of the molecule is CCCC[N+](CCCC)(CCCC)CCCC.O=P[O-]. The third-order valence-corrected chi connectivity index (χ3v) is 3.94. The van der Waals surface area contributed by atoms with Gasteiger partial charge in [-0.1, -0.05) is 53.4 Å². The molecular weight excluding hydrogens is 269 g/mol. The highest BCUT2D eigenvalue weighted by Crippen LogP contribution is 2.16. The molecular formula is C16H36NO2P. The normalized spacial score (nSPS) is 11.2. The zero-order chi connectivity index (χ0) is 15.7. The van der Waals surface area contributed by atoms with Gasteiger partial charge in [0.2, 0.25) is 0 Å². The van der Waals surface area contributed by atoms with Gasteiger partial charge in [-0.05, 0) is 25.7 Å². The molecule has 4 heteroatoms. The fourth-order valence-corrected chi connectivity index (χ4v) is 2.64. The van der Waals surface area contributed by atoms with Gasteiger partial charge in [-0.2, -0.15) is 0 Å². The summed E-state index contributed by atoms with van der Waals surface area (Å²) in [7, 11) is -1.08. The van der Waals surface area contributed by atoms with Gasteiger partial charge in [0.1, 0.15) is 0 Å². The van der Waals surface area contributed by atoms with Crippen molar-refractivity contribution in [3.05, 3.63) is 0 Å². The molecule has 122 valence electrons. The van der Waals surface area contributed by atoms with Crippen molar-refractivity contribution in [3.63, 3.8) is 0 Å². The predicted molar refractivity (Wildman–Crippen MR) is 87.0 cm³/mol. The molecule has 0 spiro atoms. The third kappa shape index (κ3) is 13.0. The lowest BCUT2D eigenvalue weighted by Gasteiger charge is -2.39. The van der Waals surface area contributed by atoms with Crippen LogP contribution in [-0.2, 0) is 4.57 Å². The van der Waals surface area contributed by atoms with Crippen LogP contribution in [0.2, 0.25) is 0 Å². The maximum Gasteiger partial charge on any atom is 0.0786 e. The van der Waals surface area contributed by atoms with Gasteiger partial charge >= 0.3 is 0 Å². The van der Waals surface area contributed by atoms with Crippen molar-refractivity contribution in [2.75, 3.05) is 26.2 Å². The number of rotatable bonds is 12. The van der Waals surface area contributed by atoms with Gasteiger partial charge in [0.15, 0.2) is 0 Å². The Bertz CT molecular complexity index is 163. The van der Waals surface area contributed by atoms with Gasteiger partial charge < -0.3 is 9.38 Å². The van der Waals surface area contributed by atoms with E-state index in [0.717, 1.165) is 0 Å². The smallest absolute Gasteiger partial charge is 0.0786 e. The second-order valence-corrected chi connectivity index (χ2v) is 5.87. The molecule has 0 rings (SSSR count). The van der Waals surface area contributed by atoms with Gasteiger partial charge in [0.25, 0.3) is 0 Å². The molecule has 0 aliphatic carbocycles. The fraction of sp³-hybridized carbons (Fsp3) is 1.00. The molecule has 0 aliphatic heterocycles. The van der Waals surface area contributed by atoms with Crippen molar-refractivity contribution >= 4 is 8.69 Å². The minimum Gasteiger partial charge on any atom is -0.772 e. The maximum atomic E-state index is 8.35. The number of nitrogens with zero attached hydrogens (tertiary/aromatic N) is 1. The summed E-state index contributed by atoms with van der Waals surface area (Å²) in [6.45, 7) is 15.0. The molecule has 0 aromatic rings. The highest BCUT2D eigenvalue weighted by atomic mass is 31.1. The highest BCUT2D eigenvalue weighted by Gasteiger charge is 2.24. The molecule has 3 nitrogen and oxygen atoms in total. The number of unbranched alkanes of at least 4 members (excludes halogenated alkanes) is 4. The molecule has 0 saturated carbocycles. The lowest BCUT2D eigenvalue weighted by atomic mass is 10.1. The van der Waals surface area contributed by atoms with E-state index >= 15 is 0 Å². The Kier molecular flexibility index (Phi) is 19.0. The molecule has 0 amide bonds. The van der Waals surface area contributed by atoms with Crippen LogP contribution in [0.3, 0.4) is 0 Å². The standard InChI is InChI=1S/C16H36N.HO2P/c1-5-9-13-17(14-10-6-2,15-11-7-3)16-12-8-4;1-3-2/h5-16H2,1-4H3;(H,1,2)/q+1;/p-1. The Morgan fingerprint density at radius 1 is 0.700 bits per heavy atom. The summed E-state index contributed by atoms with van der Waals surface area (Å²) in [4.78, 5) is 8.35. The molecule has 0 N–H and O–H groups in total. The van der Waals surface area contributed by atoms with E-state index in [1.165, 1.54) is 82.0 Å². The van der Waals surface area contributed by atoms with E-state index in [1.54, 1.807) is 0 Å². The van der Waals surface area contributed by atoms with Crippen LogP contribution in [0.5, 0.6) is 0 Å². The number of hydrogen-bond donors (Lipinski definition) is 0. The average Bonchev–Trinajstić information content (AvgIpc) is 2.46. The van der Waals surface area contributed by atoms with Crippen molar-refractivity contribution in [1.82, 2.24) is 0 Å². The van der Waals surface area contributed by atoms with E-state index in [9.17, 15) is 0 Å². The molecule has 0 bridgehead atoms. The summed E-state index contributed by atoms with van der Waals surface area (Å²) in [6, 6.07) is 0. The van der Waals surface area contributed by atoms with Crippen molar-refractivity contribution < 1.29 is 13.9 Å². The van der Waals surface area contributed by atoms with Gasteiger partial charge in [-0.3, -0.25) is 4.57 Å². The first kappa shape index (κ1) is 22.3. The lowest BCUT2D eigenvalue weighted by molar-refractivity contribution is -0.929. The van der Waals surface area contributed by atoms with Crippen LogP contribution in [0, 0.1) is 0 Å². The van der Waals surface area contributed by atoms with Crippen LogP contribution < -0.4 is 4.89 Å². The van der Waals surface area contributed by atoms with Crippen molar-refractivity contribution in [2.45, 2.75) is 79.1 Å². The van der Waals surface area contributed by atoms with E-state index in [4.69, 9.17) is 9.46 Å². The van der Waals surface area contributed by atoms with Crippen molar-refractivity contribution in [1.29, 1.82) is 0 Å². The van der Waals surface area contributed by atoms with Crippen LogP contribution in [0.25, 0.3) is 0 Å². The molecule has 0 heterocycles. The van der Waals surface area contributed by atoms with Gasteiger partial charge in [-0.25, -0.2) is 0 Å². The summed E-state index contributed by atoms with van der Waals surface area (Å²) < 4.78 is 9.77. The molecule has 0 aliphatic rings. The Balaban J connectivity index is 0. The summed E-state index contributed by atoms with van der Waals surface area (Å²) in [6.07, 6.45) is 11.1. The van der Waals surface area contributed by atoms with Crippen LogP contribution >= 0.6 is 8.69 Å². The average molecular weight is 305 g/mol. The molecule has 0 unspecified atom stereocenters. The Labute approximate surface area is 128 Å². The van der Waals surface area contributed by atoms with Gasteiger partial charge in [0.05, 0.1) is 34.9 Å². The lowest BCUT2D eigenvalue weighted by Crippen LogP contribution is -2.50. The van der Waals surface area contributed by atoms with E-state index in [1.807, 2.05) is 0 Å². The maximum absolute atomic E-state index is 8.35. The zero-order valence-corrected chi connectivity index (χ0v) is 15.1. The molecule has 0 atom stereocenters. The minimum absolute atomic E-state index is 1.08. The first-order valence-electron chi connectivity index (χ1n) is 8.46. The Hall–Kier alpha value is 0.0200. The molecule has 0 aromatic carbocycles. The van der Waals surface area contributed by atoms with Gasteiger partial charge in [-0.15, -0.1) is 0 Å². The minimum atomic E-state index is -1.08. The Morgan fingerprint density at radius 2 is 0.900 bits per heavy atom. The summed E-state index contributed by atoms with van der Waals surface area (Å²) in [5.74, 6) is 0. The topological polar surface area (TPSA) is 40.1 Å². The first-order chi connectivity index (χ1) is 9.66. The van der Waals surface area contributed by atoms with E-state index in [0.29, 0.717) is 0 Å².